The number of aliphatic hydroxyl groups excluding tert-OH is 1. The summed E-state index contributed by atoms with van der Waals surface area (Å²) in [6, 6.07) is 16.3. The zero-order chi connectivity index (χ0) is 42.3. The van der Waals surface area contributed by atoms with E-state index in [2.05, 4.69) is 21.9 Å². The fourth-order valence-electron chi connectivity index (χ4n) is 7.76. The summed E-state index contributed by atoms with van der Waals surface area (Å²) in [6.07, 6.45) is 3.58. The van der Waals surface area contributed by atoms with E-state index < -0.39 is 16.8 Å². The van der Waals surface area contributed by atoms with Gasteiger partial charge in [-0.1, -0.05) is 41.4 Å². The van der Waals surface area contributed by atoms with Gasteiger partial charge in [0.05, 0.1) is 37.3 Å². The Balaban J connectivity index is 0.000000230. The van der Waals surface area contributed by atoms with Crippen LogP contribution in [0.3, 0.4) is 0 Å². The largest absolute Gasteiger partial charge is 0.508 e. The first-order chi connectivity index (χ1) is 27.3. The normalized spacial score (nSPS) is 17.9. The fourth-order valence-corrected chi connectivity index (χ4v) is 8.27. The number of carbonyl (C=O) groups is 2. The molecule has 0 unspecified atom stereocenters. The van der Waals surface area contributed by atoms with Crippen LogP contribution in [0, 0.1) is 0 Å². The molecule has 58 heavy (non-hydrogen) atoms. The van der Waals surface area contributed by atoms with Gasteiger partial charge in [-0.2, -0.15) is 0 Å². The van der Waals surface area contributed by atoms with Crippen LogP contribution in [-0.4, -0.2) is 87.5 Å². The molecule has 2 saturated heterocycles. The highest BCUT2D eigenvalue weighted by molar-refractivity contribution is 6.35. The number of aromatic hydroxyl groups is 1. The first kappa shape index (κ1) is 45.7. The Morgan fingerprint density at radius 2 is 1.31 bits per heavy atom. The Kier molecular flexibility index (Phi) is 15.2. The van der Waals surface area contributed by atoms with Crippen molar-refractivity contribution in [2.24, 2.45) is 0 Å². The third-order valence-electron chi connectivity index (χ3n) is 10.7. The van der Waals surface area contributed by atoms with Gasteiger partial charge in [0.25, 0.3) is 0 Å². The van der Waals surface area contributed by atoms with Gasteiger partial charge in [0, 0.05) is 54.9 Å². The molecular formula is C45H60Cl2N2O9. The summed E-state index contributed by atoms with van der Waals surface area (Å²) >= 11 is 12.5. The summed E-state index contributed by atoms with van der Waals surface area (Å²) in [7, 11) is 0. The van der Waals surface area contributed by atoms with Gasteiger partial charge in [-0.25, -0.2) is 0 Å². The van der Waals surface area contributed by atoms with Gasteiger partial charge in [-0.15, -0.1) is 0 Å². The highest BCUT2D eigenvalue weighted by Crippen LogP contribution is 2.45. The fraction of sp³-hybridized carbons (Fsp3) is 0.556. The van der Waals surface area contributed by atoms with Crippen LogP contribution in [-0.2, 0) is 54.8 Å². The number of phenols is 1. The smallest absolute Gasteiger partial charge is 0.307 e. The molecule has 0 bridgehead atoms. The lowest BCUT2D eigenvalue weighted by Crippen LogP contribution is -2.43. The highest BCUT2D eigenvalue weighted by atomic mass is 35.5. The Morgan fingerprint density at radius 1 is 0.776 bits per heavy atom. The molecule has 0 atom stereocenters. The van der Waals surface area contributed by atoms with Crippen LogP contribution in [0.4, 0.5) is 0 Å². The summed E-state index contributed by atoms with van der Waals surface area (Å²) in [6.45, 7) is 16.3. The first-order valence-corrected chi connectivity index (χ1v) is 20.9. The van der Waals surface area contributed by atoms with E-state index in [1.54, 1.807) is 6.07 Å². The minimum absolute atomic E-state index is 0.0752. The number of likely N-dealkylation sites (tertiary alicyclic amines) is 2. The Morgan fingerprint density at radius 3 is 1.84 bits per heavy atom. The molecule has 0 radical (unpaired) electrons. The van der Waals surface area contributed by atoms with Crippen LogP contribution in [0.25, 0.3) is 0 Å². The lowest BCUT2D eigenvalue weighted by Gasteiger charge is -2.39. The number of piperidine rings is 2. The molecule has 2 fully saturated rings. The van der Waals surface area contributed by atoms with Gasteiger partial charge in [0.1, 0.15) is 29.3 Å². The Labute approximate surface area is 353 Å². The van der Waals surface area contributed by atoms with Gasteiger partial charge in [0.15, 0.2) is 0 Å². The quantitative estimate of drug-likeness (QED) is 0.162. The summed E-state index contributed by atoms with van der Waals surface area (Å²) in [5, 5.41) is 31.2. The molecule has 3 heterocycles. The molecule has 0 saturated carbocycles. The number of esters is 2. The van der Waals surface area contributed by atoms with Gasteiger partial charge in [-0.3, -0.25) is 9.59 Å². The molecular weight excluding hydrogens is 783 g/mol. The SMILES string of the molecule is CC(C)(C)OC(=O)CCN1CCC(O)(c2ccc(O)cc2CO)CC1.CC(C)(C)OC(=O)CCN1CCC2(CC1)OCc1cc(OCc3c(Cl)cccc3Cl)ccc12. The number of aliphatic hydroxyl groups is 2. The van der Waals surface area contributed by atoms with E-state index in [1.807, 2.05) is 65.8 Å². The third-order valence-corrected chi connectivity index (χ3v) is 11.4. The number of ether oxygens (including phenoxy) is 4. The Hall–Kier alpha value is -3.42. The molecule has 11 nitrogen and oxygen atoms in total. The number of benzene rings is 3. The molecule has 318 valence electrons. The number of halogens is 2. The van der Waals surface area contributed by atoms with E-state index >= 15 is 0 Å². The zero-order valence-electron chi connectivity index (χ0n) is 34.7. The van der Waals surface area contributed by atoms with E-state index in [0.717, 1.165) is 43.8 Å². The van der Waals surface area contributed by atoms with Gasteiger partial charge >= 0.3 is 11.9 Å². The maximum absolute atomic E-state index is 12.0. The summed E-state index contributed by atoms with van der Waals surface area (Å²) in [4.78, 5) is 28.3. The van der Waals surface area contributed by atoms with E-state index in [-0.39, 0.29) is 29.9 Å². The summed E-state index contributed by atoms with van der Waals surface area (Å²) in [5.74, 6) is 0.497. The van der Waals surface area contributed by atoms with Crippen LogP contribution in [0.5, 0.6) is 11.5 Å². The highest BCUT2D eigenvalue weighted by Gasteiger charge is 2.43. The third kappa shape index (κ3) is 12.5. The van der Waals surface area contributed by atoms with Crippen molar-refractivity contribution in [2.45, 2.75) is 122 Å². The maximum atomic E-state index is 12.0. The molecule has 3 aliphatic heterocycles. The summed E-state index contributed by atoms with van der Waals surface area (Å²) in [5.41, 5.74) is 2.23. The van der Waals surface area contributed by atoms with Crippen molar-refractivity contribution in [1.82, 2.24) is 9.80 Å². The van der Waals surface area contributed by atoms with E-state index in [4.69, 9.17) is 42.1 Å². The van der Waals surface area contributed by atoms with Crippen molar-refractivity contribution in [1.29, 1.82) is 0 Å². The van der Waals surface area contributed by atoms with Crippen molar-refractivity contribution in [3.05, 3.63) is 92.5 Å². The number of carbonyl (C=O) groups excluding carboxylic acids is 2. The van der Waals surface area contributed by atoms with Crippen molar-refractivity contribution in [3.63, 3.8) is 0 Å². The second-order valence-electron chi connectivity index (χ2n) is 17.5. The molecule has 3 aliphatic rings. The van der Waals surface area contributed by atoms with Crippen LogP contribution in [0.15, 0.2) is 54.6 Å². The number of rotatable bonds is 11. The topological polar surface area (TPSA) is 138 Å². The van der Waals surface area contributed by atoms with Gasteiger partial charge in [-0.05, 0) is 126 Å². The lowest BCUT2D eigenvalue weighted by atomic mass is 9.82. The molecule has 1 spiro atoms. The average molecular weight is 844 g/mol. The maximum Gasteiger partial charge on any atom is 0.307 e. The molecule has 3 aromatic rings. The number of fused-ring (bicyclic) bond motifs is 2. The molecule has 13 heteroatoms. The number of hydrogen-bond acceptors (Lipinski definition) is 11. The number of phenolic OH excluding ortho intramolecular Hbond substituents is 1. The standard InChI is InChI=1S/C26H31Cl2NO4.C19H29NO5/c1-25(2,3)33-24(30)9-12-29-13-10-26(11-14-29)21-8-7-19(15-18(21)16-32-26)31-17-20-22(27)5-4-6-23(20)28;1-18(2,3)25-17(23)6-9-20-10-7-19(24,8-11-20)16-5-4-15(22)12-14(16)13-21/h4-8,15H,9-14,16-17H2,1-3H3;4-5,12,21-22,24H,6-11,13H2,1-3H3. The lowest BCUT2D eigenvalue weighted by molar-refractivity contribution is -0.156. The Bertz CT molecular complexity index is 1850. The van der Waals surface area contributed by atoms with Crippen LogP contribution >= 0.6 is 23.2 Å². The molecule has 6 rings (SSSR count). The molecule has 0 aromatic heterocycles. The van der Waals surface area contributed by atoms with Gasteiger partial charge < -0.3 is 44.1 Å². The molecule has 3 N–H and O–H groups in total. The molecule has 0 aliphatic carbocycles. The van der Waals surface area contributed by atoms with Crippen LogP contribution < -0.4 is 4.74 Å². The number of hydrogen-bond donors (Lipinski definition) is 3. The predicted molar refractivity (Wildman–Crippen MR) is 224 cm³/mol. The van der Waals surface area contributed by atoms with E-state index in [1.165, 1.54) is 23.3 Å². The zero-order valence-corrected chi connectivity index (χ0v) is 36.3. The van der Waals surface area contributed by atoms with E-state index in [0.29, 0.717) is 79.7 Å². The molecule has 3 aromatic carbocycles. The van der Waals surface area contributed by atoms with Crippen molar-refractivity contribution in [2.75, 3.05) is 39.3 Å². The second-order valence-corrected chi connectivity index (χ2v) is 18.3. The van der Waals surface area contributed by atoms with Crippen LogP contribution in [0.2, 0.25) is 10.0 Å². The average Bonchev–Trinajstić information content (AvgIpc) is 3.49. The van der Waals surface area contributed by atoms with Crippen molar-refractivity contribution < 1.29 is 43.9 Å². The molecule has 0 amide bonds. The van der Waals surface area contributed by atoms with Gasteiger partial charge in [0.2, 0.25) is 0 Å². The second kappa shape index (κ2) is 19.3. The summed E-state index contributed by atoms with van der Waals surface area (Å²) < 4.78 is 23.1. The van der Waals surface area contributed by atoms with Crippen molar-refractivity contribution in [3.8, 4) is 11.5 Å². The predicted octanol–water partition coefficient (Wildman–Crippen LogP) is 8.03. The number of nitrogens with zero attached hydrogens (tertiary/aromatic N) is 2. The monoisotopic (exact) mass is 842 g/mol. The van der Waals surface area contributed by atoms with E-state index in [9.17, 15) is 24.9 Å². The van der Waals surface area contributed by atoms with Crippen LogP contribution in [0.1, 0.15) is 108 Å². The first-order valence-electron chi connectivity index (χ1n) is 20.2. The minimum Gasteiger partial charge on any atom is -0.508 e. The minimum atomic E-state index is -1.02. The van der Waals surface area contributed by atoms with Crippen molar-refractivity contribution >= 4 is 35.1 Å².